The first kappa shape index (κ1) is 9.34. The van der Waals surface area contributed by atoms with Gasteiger partial charge in [-0.3, -0.25) is 0 Å². The van der Waals surface area contributed by atoms with E-state index in [-0.39, 0.29) is 12.1 Å². The van der Waals surface area contributed by atoms with E-state index in [2.05, 4.69) is 0 Å². The zero-order valence-electron chi connectivity index (χ0n) is 8.49. The summed E-state index contributed by atoms with van der Waals surface area (Å²) in [5.41, 5.74) is 7.05. The predicted octanol–water partition coefficient (Wildman–Crippen LogP) is 1.35. The van der Waals surface area contributed by atoms with E-state index >= 15 is 0 Å². The molecule has 1 aromatic rings. The van der Waals surface area contributed by atoms with Gasteiger partial charge >= 0.3 is 0 Å². The maximum absolute atomic E-state index is 5.92. The maximum atomic E-state index is 5.92. The van der Waals surface area contributed by atoms with E-state index in [9.17, 15) is 0 Å². The van der Waals surface area contributed by atoms with Crippen LogP contribution in [0.4, 0.5) is 0 Å². The highest BCUT2D eigenvalue weighted by atomic mass is 16.5. The van der Waals surface area contributed by atoms with Crippen LogP contribution >= 0.6 is 0 Å². The van der Waals surface area contributed by atoms with Crippen LogP contribution in [0.2, 0.25) is 0 Å². The number of hydrogen-bond donors (Lipinski definition) is 1. The smallest absolute Gasteiger partial charge is 0.123 e. The van der Waals surface area contributed by atoms with Crippen LogP contribution < -0.4 is 15.2 Å². The summed E-state index contributed by atoms with van der Waals surface area (Å²) in [5, 5.41) is 0. The Morgan fingerprint density at radius 2 is 2.29 bits per heavy atom. The van der Waals surface area contributed by atoms with Crippen LogP contribution in [0.1, 0.15) is 12.5 Å². The molecule has 1 aromatic carbocycles. The lowest BCUT2D eigenvalue weighted by Gasteiger charge is -2.28. The Morgan fingerprint density at radius 1 is 1.50 bits per heavy atom. The van der Waals surface area contributed by atoms with Crippen molar-refractivity contribution in [1.29, 1.82) is 0 Å². The van der Waals surface area contributed by atoms with Crippen molar-refractivity contribution in [2.75, 3.05) is 7.11 Å². The number of hydrogen-bond acceptors (Lipinski definition) is 3. The summed E-state index contributed by atoms with van der Waals surface area (Å²) in [6, 6.07) is 5.91. The average Bonchev–Trinajstić information content (AvgIpc) is 2.19. The number of fused-ring (bicyclic) bond motifs is 1. The summed E-state index contributed by atoms with van der Waals surface area (Å²) in [6.07, 6.45) is 0.948. The molecule has 0 saturated heterocycles. The Kier molecular flexibility index (Phi) is 2.33. The Bertz CT molecular complexity index is 338. The second-order valence-corrected chi connectivity index (χ2v) is 3.66. The summed E-state index contributed by atoms with van der Waals surface area (Å²) < 4.78 is 10.8. The van der Waals surface area contributed by atoms with Gasteiger partial charge in [-0.15, -0.1) is 0 Å². The van der Waals surface area contributed by atoms with Crippen molar-refractivity contribution in [3.8, 4) is 11.5 Å². The van der Waals surface area contributed by atoms with Crippen molar-refractivity contribution >= 4 is 0 Å². The molecule has 0 saturated carbocycles. The highest BCUT2D eigenvalue weighted by Crippen LogP contribution is 2.30. The second-order valence-electron chi connectivity index (χ2n) is 3.66. The van der Waals surface area contributed by atoms with E-state index in [0.29, 0.717) is 0 Å². The zero-order valence-corrected chi connectivity index (χ0v) is 8.49. The molecule has 1 aliphatic rings. The van der Waals surface area contributed by atoms with Crippen molar-refractivity contribution in [3.63, 3.8) is 0 Å². The zero-order chi connectivity index (χ0) is 10.1. The molecule has 3 nitrogen and oxygen atoms in total. The Morgan fingerprint density at radius 3 is 3.00 bits per heavy atom. The minimum atomic E-state index is 0.0783. The first-order valence-electron chi connectivity index (χ1n) is 4.80. The van der Waals surface area contributed by atoms with Gasteiger partial charge in [-0.05, 0) is 37.1 Å². The minimum Gasteiger partial charge on any atom is -0.497 e. The van der Waals surface area contributed by atoms with E-state index < -0.39 is 0 Å². The third kappa shape index (κ3) is 1.55. The lowest BCUT2D eigenvalue weighted by molar-refractivity contribution is 0.169. The minimum absolute atomic E-state index is 0.0783. The molecule has 2 rings (SSSR count). The number of ether oxygens (including phenoxy) is 2. The van der Waals surface area contributed by atoms with Gasteiger partial charge in [-0.25, -0.2) is 0 Å². The third-order valence-corrected chi connectivity index (χ3v) is 2.64. The monoisotopic (exact) mass is 193 g/mol. The van der Waals surface area contributed by atoms with Crippen molar-refractivity contribution < 1.29 is 9.47 Å². The lowest BCUT2D eigenvalue weighted by atomic mass is 9.98. The van der Waals surface area contributed by atoms with Gasteiger partial charge in [0.15, 0.2) is 0 Å². The fourth-order valence-corrected chi connectivity index (χ4v) is 1.66. The first-order chi connectivity index (χ1) is 6.70. The molecule has 1 heterocycles. The molecule has 2 unspecified atom stereocenters. The number of rotatable bonds is 1. The molecule has 2 atom stereocenters. The van der Waals surface area contributed by atoms with Crippen LogP contribution in [-0.2, 0) is 6.42 Å². The summed E-state index contributed by atoms with van der Waals surface area (Å²) in [6.45, 7) is 2.00. The van der Waals surface area contributed by atoms with Crippen LogP contribution in [-0.4, -0.2) is 19.3 Å². The van der Waals surface area contributed by atoms with Gasteiger partial charge in [-0.2, -0.15) is 0 Å². The van der Waals surface area contributed by atoms with E-state index in [1.807, 2.05) is 25.1 Å². The Labute approximate surface area is 83.8 Å². The topological polar surface area (TPSA) is 44.5 Å². The summed E-state index contributed by atoms with van der Waals surface area (Å²) in [5.74, 6) is 1.79. The van der Waals surface area contributed by atoms with Crippen molar-refractivity contribution in [2.45, 2.75) is 25.5 Å². The van der Waals surface area contributed by atoms with Gasteiger partial charge in [0, 0.05) is 6.04 Å². The van der Waals surface area contributed by atoms with Crippen LogP contribution in [0, 0.1) is 0 Å². The number of methoxy groups -OCH3 is 1. The van der Waals surface area contributed by atoms with E-state index in [1.54, 1.807) is 7.11 Å². The molecular weight excluding hydrogens is 178 g/mol. The molecule has 0 amide bonds. The highest BCUT2D eigenvalue weighted by molar-refractivity contribution is 5.42. The van der Waals surface area contributed by atoms with Crippen molar-refractivity contribution in [1.82, 2.24) is 0 Å². The molecule has 2 N–H and O–H groups in total. The molecule has 0 radical (unpaired) electrons. The maximum Gasteiger partial charge on any atom is 0.123 e. The molecule has 76 valence electrons. The van der Waals surface area contributed by atoms with Crippen molar-refractivity contribution in [2.24, 2.45) is 5.73 Å². The van der Waals surface area contributed by atoms with Crippen LogP contribution in [0.5, 0.6) is 11.5 Å². The van der Waals surface area contributed by atoms with Crippen LogP contribution in [0.15, 0.2) is 18.2 Å². The van der Waals surface area contributed by atoms with Gasteiger partial charge in [0.05, 0.1) is 7.11 Å². The van der Waals surface area contributed by atoms with E-state index in [4.69, 9.17) is 15.2 Å². The Hall–Kier alpha value is -1.22. The van der Waals surface area contributed by atoms with Crippen molar-refractivity contribution in [3.05, 3.63) is 23.8 Å². The lowest BCUT2D eigenvalue weighted by Crippen LogP contribution is -2.41. The van der Waals surface area contributed by atoms with Gasteiger partial charge in [0.2, 0.25) is 0 Å². The first-order valence-corrected chi connectivity index (χ1v) is 4.80. The SMILES string of the molecule is COc1ccc2c(c1)CC(N)C(C)O2. The molecule has 0 aromatic heterocycles. The largest absolute Gasteiger partial charge is 0.497 e. The molecule has 0 fully saturated rings. The van der Waals surface area contributed by atoms with Gasteiger partial charge in [-0.1, -0.05) is 0 Å². The molecule has 1 aliphatic heterocycles. The summed E-state index contributed by atoms with van der Waals surface area (Å²) in [4.78, 5) is 0. The fraction of sp³-hybridized carbons (Fsp3) is 0.455. The van der Waals surface area contributed by atoms with Gasteiger partial charge in [0.25, 0.3) is 0 Å². The molecule has 3 heteroatoms. The van der Waals surface area contributed by atoms with Gasteiger partial charge < -0.3 is 15.2 Å². The summed E-state index contributed by atoms with van der Waals surface area (Å²) in [7, 11) is 1.66. The highest BCUT2D eigenvalue weighted by Gasteiger charge is 2.23. The Balaban J connectivity index is 2.33. The molecule has 0 aliphatic carbocycles. The normalized spacial score (nSPS) is 25.1. The predicted molar refractivity (Wildman–Crippen MR) is 54.8 cm³/mol. The fourth-order valence-electron chi connectivity index (χ4n) is 1.66. The molecule has 0 spiro atoms. The van der Waals surface area contributed by atoms with Crippen LogP contribution in [0.25, 0.3) is 0 Å². The molecule has 0 bridgehead atoms. The molecular formula is C11H15NO2. The standard InChI is InChI=1S/C11H15NO2/c1-7-10(12)6-8-5-9(13-2)3-4-11(8)14-7/h3-5,7,10H,6,12H2,1-2H3. The van der Waals surface area contributed by atoms with Gasteiger partial charge in [0.1, 0.15) is 17.6 Å². The second kappa shape index (κ2) is 3.50. The summed E-state index contributed by atoms with van der Waals surface area (Å²) >= 11 is 0. The average molecular weight is 193 g/mol. The molecule has 14 heavy (non-hydrogen) atoms. The van der Waals surface area contributed by atoms with E-state index in [0.717, 1.165) is 23.5 Å². The van der Waals surface area contributed by atoms with E-state index in [1.165, 1.54) is 0 Å². The van der Waals surface area contributed by atoms with Crippen LogP contribution in [0.3, 0.4) is 0 Å². The quantitative estimate of drug-likeness (QED) is 0.732. The third-order valence-electron chi connectivity index (χ3n) is 2.64. The number of benzene rings is 1. The number of nitrogens with two attached hydrogens (primary N) is 1.